The summed E-state index contributed by atoms with van der Waals surface area (Å²) in [6.07, 6.45) is 2.56. The maximum Gasteiger partial charge on any atom is 0.0652 e. The molecule has 1 aromatic carbocycles. The van der Waals surface area contributed by atoms with Gasteiger partial charge in [-0.25, -0.2) is 0 Å². The molecule has 0 spiro atoms. The van der Waals surface area contributed by atoms with Gasteiger partial charge in [0.25, 0.3) is 0 Å². The van der Waals surface area contributed by atoms with E-state index >= 15 is 0 Å². The Hall–Kier alpha value is -0.820. The van der Waals surface area contributed by atoms with Crippen LogP contribution in [0.25, 0.3) is 0 Å². The van der Waals surface area contributed by atoms with Gasteiger partial charge in [0, 0.05) is 7.11 Å². The van der Waals surface area contributed by atoms with E-state index in [9.17, 15) is 0 Å². The fraction of sp³-hybridized carbons (Fsp3) is 0.571. The summed E-state index contributed by atoms with van der Waals surface area (Å²) in [5.41, 5.74) is 4.63. The minimum absolute atomic E-state index is 0.250. The summed E-state index contributed by atoms with van der Waals surface area (Å²) in [7, 11) is 1.81. The second-order valence-electron chi connectivity index (χ2n) is 5.50. The molecule has 0 aromatic heterocycles. The lowest BCUT2D eigenvalue weighted by Crippen LogP contribution is -2.11. The Morgan fingerprint density at radius 3 is 2.40 bits per heavy atom. The van der Waals surface area contributed by atoms with E-state index < -0.39 is 0 Å². The van der Waals surface area contributed by atoms with Crippen LogP contribution in [-0.2, 0) is 23.0 Å². The second-order valence-corrected chi connectivity index (χ2v) is 5.50. The fourth-order valence-corrected chi connectivity index (χ4v) is 2.21. The molecular formula is C14H20O. The van der Waals surface area contributed by atoms with Crippen molar-refractivity contribution in [3.05, 3.63) is 34.9 Å². The quantitative estimate of drug-likeness (QED) is 0.683. The zero-order chi connectivity index (χ0) is 11.1. The lowest BCUT2D eigenvalue weighted by molar-refractivity contribution is 0.112. The Kier molecular flexibility index (Phi) is 2.59. The SMILES string of the molecule is CO[C@@H]1Cc2ccc(C(C)(C)C)cc2C1. The van der Waals surface area contributed by atoms with Crippen molar-refractivity contribution >= 4 is 0 Å². The van der Waals surface area contributed by atoms with Crippen LogP contribution in [0.3, 0.4) is 0 Å². The van der Waals surface area contributed by atoms with Gasteiger partial charge in [-0.15, -0.1) is 0 Å². The van der Waals surface area contributed by atoms with Crippen LogP contribution < -0.4 is 0 Å². The lowest BCUT2D eigenvalue weighted by atomic mass is 9.85. The van der Waals surface area contributed by atoms with Gasteiger partial charge in [-0.2, -0.15) is 0 Å². The molecule has 0 heterocycles. The van der Waals surface area contributed by atoms with Gasteiger partial charge in [-0.3, -0.25) is 0 Å². The Morgan fingerprint density at radius 2 is 1.80 bits per heavy atom. The highest BCUT2D eigenvalue weighted by Crippen LogP contribution is 2.29. The van der Waals surface area contributed by atoms with Crippen LogP contribution in [-0.4, -0.2) is 13.2 Å². The highest BCUT2D eigenvalue weighted by Gasteiger charge is 2.23. The van der Waals surface area contributed by atoms with Crippen molar-refractivity contribution in [1.82, 2.24) is 0 Å². The summed E-state index contributed by atoms with van der Waals surface area (Å²) >= 11 is 0. The van der Waals surface area contributed by atoms with Crippen LogP contribution in [0.5, 0.6) is 0 Å². The average Bonchev–Trinajstić information content (AvgIpc) is 2.57. The zero-order valence-electron chi connectivity index (χ0n) is 10.1. The molecule has 0 bridgehead atoms. The van der Waals surface area contributed by atoms with E-state index in [1.807, 2.05) is 0 Å². The van der Waals surface area contributed by atoms with Gasteiger partial charge in [0.2, 0.25) is 0 Å². The van der Waals surface area contributed by atoms with Crippen molar-refractivity contribution in [2.45, 2.75) is 45.1 Å². The van der Waals surface area contributed by atoms with E-state index in [0.29, 0.717) is 6.10 Å². The van der Waals surface area contributed by atoms with Gasteiger partial charge in [-0.05, 0) is 34.9 Å². The number of fused-ring (bicyclic) bond motifs is 1. The predicted octanol–water partition coefficient (Wildman–Crippen LogP) is 3.10. The highest BCUT2D eigenvalue weighted by molar-refractivity contribution is 5.39. The molecule has 0 saturated carbocycles. The van der Waals surface area contributed by atoms with Crippen molar-refractivity contribution < 1.29 is 4.74 Å². The molecule has 82 valence electrons. The van der Waals surface area contributed by atoms with E-state index in [0.717, 1.165) is 12.8 Å². The van der Waals surface area contributed by atoms with E-state index in [1.165, 1.54) is 16.7 Å². The molecule has 0 saturated heterocycles. The maximum atomic E-state index is 5.42. The first-order valence-corrected chi connectivity index (χ1v) is 5.66. The fourth-order valence-electron chi connectivity index (χ4n) is 2.21. The number of rotatable bonds is 1. The zero-order valence-corrected chi connectivity index (χ0v) is 10.1. The summed E-state index contributed by atoms with van der Waals surface area (Å²) in [5.74, 6) is 0. The van der Waals surface area contributed by atoms with E-state index in [2.05, 4.69) is 39.0 Å². The van der Waals surface area contributed by atoms with Crippen LogP contribution in [0, 0.1) is 0 Å². The third kappa shape index (κ3) is 2.07. The Balaban J connectivity index is 2.30. The first-order valence-electron chi connectivity index (χ1n) is 5.66. The van der Waals surface area contributed by atoms with Crippen molar-refractivity contribution in [1.29, 1.82) is 0 Å². The van der Waals surface area contributed by atoms with Crippen molar-refractivity contribution in [3.8, 4) is 0 Å². The molecule has 0 unspecified atom stereocenters. The summed E-state index contributed by atoms with van der Waals surface area (Å²) in [6, 6.07) is 6.89. The largest absolute Gasteiger partial charge is 0.381 e. The van der Waals surface area contributed by atoms with Crippen LogP contribution in [0.2, 0.25) is 0 Å². The Labute approximate surface area is 92.5 Å². The molecule has 0 aliphatic heterocycles. The Bertz CT molecular complexity index is 360. The number of methoxy groups -OCH3 is 1. The van der Waals surface area contributed by atoms with E-state index in [-0.39, 0.29) is 5.41 Å². The molecule has 1 nitrogen and oxygen atoms in total. The number of ether oxygens (including phenoxy) is 1. The van der Waals surface area contributed by atoms with E-state index in [4.69, 9.17) is 4.74 Å². The van der Waals surface area contributed by atoms with Crippen molar-refractivity contribution in [3.63, 3.8) is 0 Å². The minimum atomic E-state index is 0.250. The average molecular weight is 204 g/mol. The second kappa shape index (κ2) is 3.64. The molecular weight excluding hydrogens is 184 g/mol. The molecule has 1 aliphatic rings. The smallest absolute Gasteiger partial charge is 0.0652 e. The normalized spacial score (nSPS) is 20.4. The molecule has 15 heavy (non-hydrogen) atoms. The topological polar surface area (TPSA) is 9.23 Å². The number of benzene rings is 1. The molecule has 0 radical (unpaired) electrons. The molecule has 0 amide bonds. The molecule has 1 atom stereocenters. The third-order valence-corrected chi connectivity index (χ3v) is 3.30. The molecule has 1 aromatic rings. The Morgan fingerprint density at radius 1 is 1.13 bits per heavy atom. The van der Waals surface area contributed by atoms with Gasteiger partial charge in [0.05, 0.1) is 6.10 Å². The van der Waals surface area contributed by atoms with Crippen LogP contribution in [0.15, 0.2) is 18.2 Å². The summed E-state index contributed by atoms with van der Waals surface area (Å²) in [6.45, 7) is 6.78. The van der Waals surface area contributed by atoms with Gasteiger partial charge in [0.1, 0.15) is 0 Å². The van der Waals surface area contributed by atoms with Gasteiger partial charge >= 0.3 is 0 Å². The minimum Gasteiger partial charge on any atom is -0.381 e. The molecule has 1 heteroatoms. The first kappa shape index (κ1) is 10.7. The first-order chi connectivity index (χ1) is 7.00. The molecule has 0 N–H and O–H groups in total. The molecule has 1 aliphatic carbocycles. The third-order valence-electron chi connectivity index (χ3n) is 3.30. The summed E-state index contributed by atoms with van der Waals surface area (Å²) in [4.78, 5) is 0. The van der Waals surface area contributed by atoms with Gasteiger partial charge in [-0.1, -0.05) is 39.0 Å². The van der Waals surface area contributed by atoms with Gasteiger partial charge < -0.3 is 4.74 Å². The van der Waals surface area contributed by atoms with Crippen LogP contribution >= 0.6 is 0 Å². The maximum absolute atomic E-state index is 5.42. The number of hydrogen-bond donors (Lipinski definition) is 0. The van der Waals surface area contributed by atoms with Crippen LogP contribution in [0.4, 0.5) is 0 Å². The lowest BCUT2D eigenvalue weighted by Gasteiger charge is -2.19. The standard InChI is InChI=1S/C14H20O/c1-14(2,3)12-6-5-10-8-13(15-4)9-11(10)7-12/h5-7,13H,8-9H2,1-4H3/t13-/m1/s1. The van der Waals surface area contributed by atoms with E-state index in [1.54, 1.807) is 7.11 Å². The van der Waals surface area contributed by atoms with Gasteiger partial charge in [0.15, 0.2) is 0 Å². The van der Waals surface area contributed by atoms with Crippen molar-refractivity contribution in [2.24, 2.45) is 0 Å². The molecule has 2 rings (SSSR count). The summed E-state index contributed by atoms with van der Waals surface area (Å²) in [5, 5.41) is 0. The number of hydrogen-bond acceptors (Lipinski definition) is 1. The summed E-state index contributed by atoms with van der Waals surface area (Å²) < 4.78 is 5.42. The van der Waals surface area contributed by atoms with Crippen LogP contribution in [0.1, 0.15) is 37.5 Å². The molecule has 0 fully saturated rings. The monoisotopic (exact) mass is 204 g/mol. The predicted molar refractivity (Wildman–Crippen MR) is 63.3 cm³/mol. The highest BCUT2D eigenvalue weighted by atomic mass is 16.5. The van der Waals surface area contributed by atoms with Crippen molar-refractivity contribution in [2.75, 3.05) is 7.11 Å².